The lowest BCUT2D eigenvalue weighted by Crippen LogP contribution is -2.35. The number of nitrogens with zero attached hydrogens (tertiary/aromatic N) is 1. The molecule has 0 bridgehead atoms. The number of rotatable bonds is 5. The van der Waals surface area contributed by atoms with Crippen molar-refractivity contribution in [1.29, 1.82) is 0 Å². The monoisotopic (exact) mass is 347 g/mol. The number of anilines is 1. The molecule has 2 aromatic rings. The summed E-state index contributed by atoms with van der Waals surface area (Å²) < 4.78 is 0. The zero-order chi connectivity index (χ0) is 16.8. The van der Waals surface area contributed by atoms with Gasteiger partial charge in [0.1, 0.15) is 5.03 Å². The fourth-order valence-corrected chi connectivity index (χ4v) is 3.91. The predicted octanol–water partition coefficient (Wildman–Crippen LogP) is 4.13. The van der Waals surface area contributed by atoms with Crippen molar-refractivity contribution in [2.75, 3.05) is 18.6 Å². The average molecular weight is 347 g/mol. The Balaban J connectivity index is 2.19. The maximum Gasteiger partial charge on any atom is 0.319 e. The van der Waals surface area contributed by atoms with Crippen LogP contribution >= 0.6 is 19.7 Å². The molecule has 6 heteroatoms. The summed E-state index contributed by atoms with van der Waals surface area (Å²) in [5, 5.41) is 7.96. The van der Waals surface area contributed by atoms with E-state index in [1.807, 2.05) is 44.2 Å². The third kappa shape index (κ3) is 5.52. The van der Waals surface area contributed by atoms with Crippen molar-refractivity contribution in [2.45, 2.75) is 29.8 Å². The summed E-state index contributed by atoms with van der Waals surface area (Å²) >= 11 is 1.63. The van der Waals surface area contributed by atoms with E-state index in [-0.39, 0.29) is 20.0 Å². The van der Waals surface area contributed by atoms with E-state index >= 15 is 0 Å². The van der Waals surface area contributed by atoms with E-state index < -0.39 is 0 Å². The summed E-state index contributed by atoms with van der Waals surface area (Å²) in [6.07, 6.45) is 1.79. The first-order chi connectivity index (χ1) is 11.0. The van der Waals surface area contributed by atoms with Gasteiger partial charge in [0.2, 0.25) is 0 Å². The van der Waals surface area contributed by atoms with Crippen LogP contribution in [0.25, 0.3) is 0 Å². The van der Waals surface area contributed by atoms with E-state index in [9.17, 15) is 4.79 Å². The highest BCUT2D eigenvalue weighted by Gasteiger charge is 2.12. The lowest BCUT2D eigenvalue weighted by Gasteiger charge is -2.17. The average Bonchev–Trinajstić information content (AvgIpc) is 2.48. The molecule has 2 amide bonds. The van der Waals surface area contributed by atoms with Gasteiger partial charge in [-0.05, 0) is 57.5 Å². The van der Waals surface area contributed by atoms with Crippen LogP contribution in [0.15, 0.2) is 52.5 Å². The summed E-state index contributed by atoms with van der Waals surface area (Å²) in [5.74, 6) is 0. The first kappa shape index (κ1) is 17.8. The SMILES string of the molecule is CC(C)NC(=O)Nc1ccc(Sc2ccccn2)cc1P(C)C. The Kier molecular flexibility index (Phi) is 6.43. The molecule has 0 aliphatic rings. The first-order valence-electron chi connectivity index (χ1n) is 7.43. The van der Waals surface area contributed by atoms with Crippen molar-refractivity contribution in [3.63, 3.8) is 0 Å². The van der Waals surface area contributed by atoms with Gasteiger partial charge in [-0.3, -0.25) is 0 Å². The maximum absolute atomic E-state index is 11.9. The van der Waals surface area contributed by atoms with Crippen molar-refractivity contribution < 1.29 is 4.79 Å². The predicted molar refractivity (Wildman–Crippen MR) is 100 cm³/mol. The second kappa shape index (κ2) is 8.32. The van der Waals surface area contributed by atoms with E-state index in [1.165, 1.54) is 5.30 Å². The summed E-state index contributed by atoms with van der Waals surface area (Å²) in [6, 6.07) is 12.0. The van der Waals surface area contributed by atoms with Crippen LogP contribution in [0.5, 0.6) is 0 Å². The van der Waals surface area contributed by atoms with Gasteiger partial charge in [-0.2, -0.15) is 0 Å². The minimum absolute atomic E-state index is 0.113. The molecule has 1 aromatic heterocycles. The van der Waals surface area contributed by atoms with Gasteiger partial charge in [0, 0.05) is 22.4 Å². The van der Waals surface area contributed by atoms with E-state index in [1.54, 1.807) is 18.0 Å². The van der Waals surface area contributed by atoms with Gasteiger partial charge >= 0.3 is 6.03 Å². The molecule has 1 aromatic carbocycles. The normalized spacial score (nSPS) is 10.9. The third-order valence-corrected chi connectivity index (χ3v) is 5.25. The molecule has 0 aliphatic carbocycles. The summed E-state index contributed by atoms with van der Waals surface area (Å²) in [4.78, 5) is 17.4. The summed E-state index contributed by atoms with van der Waals surface area (Å²) in [7, 11) is -0.334. The number of carbonyl (C=O) groups excluding carboxylic acids is 1. The molecule has 2 rings (SSSR count). The smallest absolute Gasteiger partial charge is 0.319 e. The Labute approximate surface area is 143 Å². The van der Waals surface area contributed by atoms with Gasteiger partial charge in [-0.25, -0.2) is 9.78 Å². The number of benzene rings is 1. The molecule has 4 nitrogen and oxygen atoms in total. The lowest BCUT2D eigenvalue weighted by molar-refractivity contribution is 0.250. The first-order valence-corrected chi connectivity index (χ1v) is 10.5. The Morgan fingerprint density at radius 2 is 2.00 bits per heavy atom. The third-order valence-electron chi connectivity index (χ3n) is 2.98. The van der Waals surface area contributed by atoms with E-state index in [2.05, 4.69) is 35.0 Å². The van der Waals surface area contributed by atoms with Gasteiger partial charge in [0.15, 0.2) is 0 Å². The largest absolute Gasteiger partial charge is 0.336 e. The highest BCUT2D eigenvalue weighted by Crippen LogP contribution is 2.33. The van der Waals surface area contributed by atoms with Crippen molar-refractivity contribution in [2.24, 2.45) is 0 Å². The minimum Gasteiger partial charge on any atom is -0.336 e. The standard InChI is InChI=1S/C17H22N3OPS/c1-12(2)19-17(21)20-14-9-8-13(11-15(14)22(3)4)23-16-7-5-6-10-18-16/h5-12H,1-4H3,(H2,19,20,21). The molecule has 0 aliphatic heterocycles. The molecule has 0 spiro atoms. The second-order valence-electron chi connectivity index (χ2n) is 5.60. The summed E-state index contributed by atoms with van der Waals surface area (Å²) in [6.45, 7) is 8.26. The van der Waals surface area contributed by atoms with Crippen LogP contribution in [-0.2, 0) is 0 Å². The number of amides is 2. The fraction of sp³-hybridized carbons (Fsp3) is 0.294. The Morgan fingerprint density at radius 3 is 2.61 bits per heavy atom. The zero-order valence-electron chi connectivity index (χ0n) is 13.8. The van der Waals surface area contributed by atoms with E-state index in [0.717, 1.165) is 15.6 Å². The number of nitrogens with one attached hydrogen (secondary N) is 2. The zero-order valence-corrected chi connectivity index (χ0v) is 15.5. The lowest BCUT2D eigenvalue weighted by atomic mass is 10.3. The molecule has 23 heavy (non-hydrogen) atoms. The number of pyridine rings is 1. The summed E-state index contributed by atoms with van der Waals surface area (Å²) in [5.41, 5.74) is 0.879. The molecule has 2 N–H and O–H groups in total. The molecule has 1 heterocycles. The van der Waals surface area contributed by atoms with Gasteiger partial charge in [-0.15, -0.1) is 0 Å². The molecule has 0 saturated heterocycles. The van der Waals surface area contributed by atoms with Crippen molar-refractivity contribution >= 4 is 36.7 Å². The Hall–Kier alpha value is -1.58. The van der Waals surface area contributed by atoms with Gasteiger partial charge in [0.25, 0.3) is 0 Å². The van der Waals surface area contributed by atoms with Crippen LogP contribution in [-0.4, -0.2) is 30.4 Å². The molecule has 122 valence electrons. The minimum atomic E-state index is -0.334. The number of urea groups is 1. The van der Waals surface area contributed by atoms with Gasteiger partial charge in [-0.1, -0.05) is 25.7 Å². The molecule has 0 saturated carbocycles. The Morgan fingerprint density at radius 1 is 1.22 bits per heavy atom. The van der Waals surface area contributed by atoms with Crippen molar-refractivity contribution in [1.82, 2.24) is 10.3 Å². The Bertz CT molecular complexity index is 662. The molecule has 0 unspecified atom stereocenters. The van der Waals surface area contributed by atoms with Crippen LogP contribution in [0.4, 0.5) is 10.5 Å². The highest BCUT2D eigenvalue weighted by molar-refractivity contribution is 7.99. The molecule has 0 radical (unpaired) electrons. The van der Waals surface area contributed by atoms with E-state index in [4.69, 9.17) is 0 Å². The molecule has 0 fully saturated rings. The highest BCUT2D eigenvalue weighted by atomic mass is 32.2. The molecular weight excluding hydrogens is 325 g/mol. The molecule has 0 atom stereocenters. The van der Waals surface area contributed by atoms with Crippen LogP contribution < -0.4 is 15.9 Å². The number of hydrogen-bond acceptors (Lipinski definition) is 3. The van der Waals surface area contributed by atoms with Crippen molar-refractivity contribution in [3.8, 4) is 0 Å². The number of aromatic nitrogens is 1. The second-order valence-corrected chi connectivity index (χ2v) is 8.96. The van der Waals surface area contributed by atoms with Crippen LogP contribution in [0.3, 0.4) is 0 Å². The topological polar surface area (TPSA) is 54.0 Å². The van der Waals surface area contributed by atoms with E-state index in [0.29, 0.717) is 0 Å². The van der Waals surface area contributed by atoms with Gasteiger partial charge in [0.05, 0.1) is 5.69 Å². The quantitative estimate of drug-likeness (QED) is 0.800. The molecular formula is C17H22N3OPS. The van der Waals surface area contributed by atoms with Crippen molar-refractivity contribution in [3.05, 3.63) is 42.6 Å². The van der Waals surface area contributed by atoms with Crippen LogP contribution in [0.2, 0.25) is 0 Å². The maximum atomic E-state index is 11.9. The number of carbonyl (C=O) groups is 1. The van der Waals surface area contributed by atoms with Crippen LogP contribution in [0.1, 0.15) is 13.8 Å². The number of hydrogen-bond donors (Lipinski definition) is 2. The van der Waals surface area contributed by atoms with Gasteiger partial charge < -0.3 is 10.6 Å². The fourth-order valence-electron chi connectivity index (χ4n) is 2.00. The van der Waals surface area contributed by atoms with Crippen LogP contribution in [0, 0.1) is 0 Å².